The van der Waals surface area contributed by atoms with Gasteiger partial charge in [-0.15, -0.1) is 0 Å². The standard InChI is InChI=1S/C15H8FNO2/c1-17-11-6-7-12-13(8-11)15(18)19-14(12)9-2-4-10(16)5-3-9/h2-8,14H. The van der Waals surface area contributed by atoms with Gasteiger partial charge in [0, 0.05) is 5.56 Å². The summed E-state index contributed by atoms with van der Waals surface area (Å²) in [5.74, 6) is -0.786. The topological polar surface area (TPSA) is 30.7 Å². The lowest BCUT2D eigenvalue weighted by Crippen LogP contribution is -2.00. The summed E-state index contributed by atoms with van der Waals surface area (Å²) in [6.45, 7) is 6.94. The number of hydrogen-bond donors (Lipinski definition) is 0. The van der Waals surface area contributed by atoms with Crippen molar-refractivity contribution in [2.75, 3.05) is 0 Å². The fourth-order valence-corrected chi connectivity index (χ4v) is 2.14. The van der Waals surface area contributed by atoms with Crippen LogP contribution in [0, 0.1) is 12.4 Å². The Kier molecular flexibility index (Phi) is 2.53. The van der Waals surface area contributed by atoms with Crippen molar-refractivity contribution >= 4 is 11.7 Å². The van der Waals surface area contributed by atoms with Crippen LogP contribution in [0.25, 0.3) is 4.85 Å². The fourth-order valence-electron chi connectivity index (χ4n) is 2.14. The molecule has 0 radical (unpaired) electrons. The van der Waals surface area contributed by atoms with E-state index in [0.29, 0.717) is 22.4 Å². The average molecular weight is 253 g/mol. The molecule has 0 N–H and O–H groups in total. The zero-order valence-corrected chi connectivity index (χ0v) is 9.76. The quantitative estimate of drug-likeness (QED) is 0.574. The first-order valence-electron chi connectivity index (χ1n) is 5.67. The molecule has 0 saturated carbocycles. The van der Waals surface area contributed by atoms with Crippen LogP contribution >= 0.6 is 0 Å². The summed E-state index contributed by atoms with van der Waals surface area (Å²) < 4.78 is 18.2. The minimum absolute atomic E-state index is 0.336. The third kappa shape index (κ3) is 1.85. The van der Waals surface area contributed by atoms with Gasteiger partial charge in [-0.3, -0.25) is 0 Å². The van der Waals surface area contributed by atoms with Gasteiger partial charge in [-0.25, -0.2) is 14.0 Å². The van der Waals surface area contributed by atoms with Crippen molar-refractivity contribution in [2.45, 2.75) is 6.10 Å². The Morgan fingerprint density at radius 1 is 1.16 bits per heavy atom. The maximum Gasteiger partial charge on any atom is 0.338 e. The zero-order valence-electron chi connectivity index (χ0n) is 9.76. The maximum atomic E-state index is 12.9. The number of nitrogens with zero attached hydrogens (tertiary/aromatic N) is 1. The molecule has 0 fully saturated rings. The lowest BCUT2D eigenvalue weighted by atomic mass is 9.99. The zero-order chi connectivity index (χ0) is 13.4. The number of esters is 1. The van der Waals surface area contributed by atoms with Gasteiger partial charge in [-0.05, 0) is 23.8 Å². The van der Waals surface area contributed by atoms with Gasteiger partial charge in [-0.2, -0.15) is 0 Å². The van der Waals surface area contributed by atoms with Crippen LogP contribution < -0.4 is 0 Å². The molecular weight excluding hydrogens is 245 g/mol. The van der Waals surface area contributed by atoms with E-state index >= 15 is 0 Å². The van der Waals surface area contributed by atoms with Crippen LogP contribution in [0.4, 0.5) is 10.1 Å². The summed E-state index contributed by atoms with van der Waals surface area (Å²) in [4.78, 5) is 15.1. The first kappa shape index (κ1) is 11.4. The number of fused-ring (bicyclic) bond motifs is 1. The van der Waals surface area contributed by atoms with Crippen LogP contribution in [0.2, 0.25) is 0 Å². The van der Waals surface area contributed by atoms with Gasteiger partial charge in [-0.1, -0.05) is 24.3 Å². The van der Waals surface area contributed by atoms with E-state index in [4.69, 9.17) is 11.3 Å². The largest absolute Gasteiger partial charge is 0.449 e. The van der Waals surface area contributed by atoms with E-state index in [1.807, 2.05) is 0 Å². The highest BCUT2D eigenvalue weighted by Crippen LogP contribution is 2.37. The molecule has 3 rings (SSSR count). The summed E-state index contributed by atoms with van der Waals surface area (Å²) in [7, 11) is 0. The van der Waals surface area contributed by atoms with E-state index in [2.05, 4.69) is 4.85 Å². The van der Waals surface area contributed by atoms with Crippen LogP contribution in [-0.2, 0) is 4.74 Å². The maximum absolute atomic E-state index is 12.9. The number of benzene rings is 2. The Bertz CT molecular complexity index is 701. The van der Waals surface area contributed by atoms with Crippen molar-refractivity contribution in [2.24, 2.45) is 0 Å². The molecule has 1 aliphatic heterocycles. The van der Waals surface area contributed by atoms with Crippen molar-refractivity contribution in [3.63, 3.8) is 0 Å². The molecule has 3 nitrogen and oxygen atoms in total. The molecule has 0 amide bonds. The van der Waals surface area contributed by atoms with Gasteiger partial charge in [0.1, 0.15) is 5.82 Å². The normalized spacial score (nSPS) is 16.6. The third-order valence-corrected chi connectivity index (χ3v) is 3.07. The Morgan fingerprint density at radius 3 is 2.58 bits per heavy atom. The van der Waals surface area contributed by atoms with Crippen molar-refractivity contribution in [3.8, 4) is 0 Å². The van der Waals surface area contributed by atoms with E-state index < -0.39 is 12.1 Å². The third-order valence-electron chi connectivity index (χ3n) is 3.07. The Balaban J connectivity index is 2.07. The molecule has 0 aromatic heterocycles. The lowest BCUT2D eigenvalue weighted by molar-refractivity contribution is 0.0456. The predicted molar refractivity (Wildman–Crippen MR) is 66.4 cm³/mol. The summed E-state index contributed by atoms with van der Waals surface area (Å²) in [6.07, 6.45) is -0.525. The Labute approximate surface area is 109 Å². The smallest absolute Gasteiger partial charge is 0.338 e. The number of carbonyl (C=O) groups excluding carboxylic acids is 1. The second-order valence-electron chi connectivity index (χ2n) is 4.22. The SMILES string of the molecule is [C-]#[N+]c1ccc2c(c1)C(=O)OC2c1ccc(F)cc1. The Hall–Kier alpha value is -2.67. The monoisotopic (exact) mass is 253 g/mol. The van der Waals surface area contributed by atoms with E-state index in [0.717, 1.165) is 0 Å². The van der Waals surface area contributed by atoms with E-state index in [-0.39, 0.29) is 5.82 Å². The Morgan fingerprint density at radius 2 is 1.89 bits per heavy atom. The van der Waals surface area contributed by atoms with Gasteiger partial charge >= 0.3 is 5.97 Å². The number of halogens is 1. The minimum atomic E-state index is -0.525. The van der Waals surface area contributed by atoms with Gasteiger partial charge in [0.15, 0.2) is 11.8 Å². The molecule has 4 heteroatoms. The van der Waals surface area contributed by atoms with Gasteiger partial charge in [0.05, 0.1) is 12.1 Å². The molecule has 0 saturated heterocycles. The number of carbonyl (C=O) groups is 1. The molecule has 1 unspecified atom stereocenters. The molecule has 0 bridgehead atoms. The molecule has 1 heterocycles. The molecule has 1 atom stereocenters. The van der Waals surface area contributed by atoms with E-state index in [9.17, 15) is 9.18 Å². The summed E-state index contributed by atoms with van der Waals surface area (Å²) in [5, 5.41) is 0. The predicted octanol–water partition coefficient (Wildman–Crippen LogP) is 3.64. The highest BCUT2D eigenvalue weighted by Gasteiger charge is 2.32. The van der Waals surface area contributed by atoms with Crippen LogP contribution in [-0.4, -0.2) is 5.97 Å². The lowest BCUT2D eigenvalue weighted by Gasteiger charge is -2.10. The molecule has 0 spiro atoms. The van der Waals surface area contributed by atoms with Crippen molar-refractivity contribution in [1.29, 1.82) is 0 Å². The number of cyclic esters (lactones) is 1. The summed E-state index contributed by atoms with van der Waals surface area (Å²) in [6, 6.07) is 10.7. The fraction of sp³-hybridized carbons (Fsp3) is 0.0667. The van der Waals surface area contributed by atoms with Crippen molar-refractivity contribution < 1.29 is 13.9 Å². The number of hydrogen-bond acceptors (Lipinski definition) is 2. The summed E-state index contributed by atoms with van der Waals surface area (Å²) in [5.41, 5.74) is 2.23. The van der Waals surface area contributed by atoms with Gasteiger partial charge in [0.25, 0.3) is 0 Å². The molecule has 19 heavy (non-hydrogen) atoms. The second-order valence-corrected chi connectivity index (χ2v) is 4.22. The molecule has 0 aliphatic carbocycles. The number of ether oxygens (including phenoxy) is 1. The number of rotatable bonds is 1. The molecule has 1 aliphatic rings. The van der Waals surface area contributed by atoms with Crippen LogP contribution in [0.15, 0.2) is 42.5 Å². The van der Waals surface area contributed by atoms with Gasteiger partial charge in [0.2, 0.25) is 0 Å². The molecular formula is C15H8FNO2. The van der Waals surface area contributed by atoms with Crippen molar-refractivity contribution in [1.82, 2.24) is 0 Å². The molecule has 2 aromatic rings. The highest BCUT2D eigenvalue weighted by atomic mass is 19.1. The van der Waals surface area contributed by atoms with Crippen LogP contribution in [0.3, 0.4) is 0 Å². The van der Waals surface area contributed by atoms with Crippen LogP contribution in [0.5, 0.6) is 0 Å². The van der Waals surface area contributed by atoms with Crippen molar-refractivity contribution in [3.05, 3.63) is 76.4 Å². The van der Waals surface area contributed by atoms with Crippen LogP contribution in [0.1, 0.15) is 27.6 Å². The average Bonchev–Trinajstić information content (AvgIpc) is 2.76. The first-order chi connectivity index (χ1) is 9.19. The van der Waals surface area contributed by atoms with E-state index in [1.165, 1.54) is 18.2 Å². The highest BCUT2D eigenvalue weighted by molar-refractivity contribution is 5.95. The molecule has 92 valence electrons. The second kappa shape index (κ2) is 4.21. The van der Waals surface area contributed by atoms with Gasteiger partial charge < -0.3 is 4.74 Å². The summed E-state index contributed by atoms with van der Waals surface area (Å²) >= 11 is 0. The minimum Gasteiger partial charge on any atom is -0.449 e. The van der Waals surface area contributed by atoms with E-state index in [1.54, 1.807) is 24.3 Å². The first-order valence-corrected chi connectivity index (χ1v) is 5.67. The molecule has 2 aromatic carbocycles.